The number of nitrogens with one attached hydrogen (secondary N) is 1. The minimum Gasteiger partial charge on any atom is -0.382 e. The molecule has 0 radical (unpaired) electrons. The molecule has 104 valence electrons. The molecule has 1 aromatic rings. The van der Waals surface area contributed by atoms with Gasteiger partial charge < -0.3 is 5.32 Å². The number of halogens is 3. The van der Waals surface area contributed by atoms with Crippen molar-refractivity contribution in [1.82, 2.24) is 0 Å². The maximum Gasteiger partial charge on any atom is 0.417 e. The van der Waals surface area contributed by atoms with Gasteiger partial charge in [-0.2, -0.15) is 18.4 Å². The quantitative estimate of drug-likeness (QED) is 0.927. The van der Waals surface area contributed by atoms with Crippen LogP contribution in [0.3, 0.4) is 0 Å². The smallest absolute Gasteiger partial charge is 0.382 e. The van der Waals surface area contributed by atoms with Gasteiger partial charge in [-0.15, -0.1) is 0 Å². The number of hydrogen-bond acceptors (Lipinski definition) is 3. The summed E-state index contributed by atoms with van der Waals surface area (Å²) in [5, 5.41) is 11.7. The van der Waals surface area contributed by atoms with Gasteiger partial charge in [0, 0.05) is 34.5 Å². The molecular weight excluding hydrogens is 277 g/mol. The number of anilines is 1. The second kappa shape index (κ2) is 6.06. The van der Waals surface area contributed by atoms with E-state index in [-0.39, 0.29) is 6.04 Å². The topological polar surface area (TPSA) is 52.9 Å². The van der Waals surface area contributed by atoms with E-state index in [4.69, 9.17) is 5.26 Å². The van der Waals surface area contributed by atoms with Gasteiger partial charge in [0.15, 0.2) is 0 Å². The van der Waals surface area contributed by atoms with Gasteiger partial charge >= 0.3 is 6.18 Å². The molecule has 1 aromatic carbocycles. The standard InChI is InChI=1S/C12H13F3N2OS/c1-8(7-19(2)18)17-10-3-4-11(12(13,14)15)9(5-10)6-16/h3-5,8,17H,7H2,1-2H3/t8-,19-/m1/s1. The molecule has 0 aliphatic rings. The minimum atomic E-state index is -4.54. The first-order chi connectivity index (χ1) is 8.74. The third-order valence-corrected chi connectivity index (χ3v) is 3.31. The van der Waals surface area contributed by atoms with Crippen molar-refractivity contribution in [1.29, 1.82) is 5.26 Å². The van der Waals surface area contributed by atoms with Crippen LogP contribution in [-0.2, 0) is 17.0 Å². The molecule has 3 nitrogen and oxygen atoms in total. The van der Waals surface area contributed by atoms with Crippen molar-refractivity contribution in [2.45, 2.75) is 19.1 Å². The van der Waals surface area contributed by atoms with Crippen LogP contribution in [0.25, 0.3) is 0 Å². The monoisotopic (exact) mass is 290 g/mol. The zero-order valence-corrected chi connectivity index (χ0v) is 11.2. The molecule has 0 fully saturated rings. The van der Waals surface area contributed by atoms with Crippen molar-refractivity contribution in [3.8, 4) is 6.07 Å². The highest BCUT2D eigenvalue weighted by atomic mass is 32.2. The normalized spacial score (nSPS) is 14.5. The van der Waals surface area contributed by atoms with E-state index >= 15 is 0 Å². The molecule has 0 saturated heterocycles. The van der Waals surface area contributed by atoms with Gasteiger partial charge in [-0.05, 0) is 25.1 Å². The average molecular weight is 290 g/mol. The molecule has 0 bridgehead atoms. The van der Waals surface area contributed by atoms with Crippen molar-refractivity contribution in [2.75, 3.05) is 17.3 Å². The minimum absolute atomic E-state index is 0.158. The first-order valence-electron chi connectivity index (χ1n) is 5.42. The predicted molar refractivity (Wildman–Crippen MR) is 68.2 cm³/mol. The molecule has 0 aliphatic heterocycles. The van der Waals surface area contributed by atoms with Crippen LogP contribution in [0.15, 0.2) is 18.2 Å². The molecule has 1 N–H and O–H groups in total. The molecule has 0 unspecified atom stereocenters. The Labute approximate surface area is 111 Å². The Bertz CT molecular complexity index is 523. The van der Waals surface area contributed by atoms with Gasteiger partial charge in [0.25, 0.3) is 0 Å². The SMILES string of the molecule is C[C@H](C[S@@](C)=O)Nc1ccc(C(F)(F)F)c(C#N)c1. The lowest BCUT2D eigenvalue weighted by atomic mass is 10.1. The molecular formula is C12H13F3N2OS. The number of nitrogens with zero attached hydrogens (tertiary/aromatic N) is 1. The summed E-state index contributed by atoms with van der Waals surface area (Å²) in [5.74, 6) is 0.378. The molecule has 0 heterocycles. The van der Waals surface area contributed by atoms with Crippen molar-refractivity contribution in [3.63, 3.8) is 0 Å². The van der Waals surface area contributed by atoms with Crippen molar-refractivity contribution >= 4 is 16.5 Å². The largest absolute Gasteiger partial charge is 0.417 e. The zero-order chi connectivity index (χ0) is 14.6. The van der Waals surface area contributed by atoms with E-state index in [2.05, 4.69) is 5.32 Å². The van der Waals surface area contributed by atoms with Crippen molar-refractivity contribution in [3.05, 3.63) is 29.3 Å². The first-order valence-corrected chi connectivity index (χ1v) is 7.14. The highest BCUT2D eigenvalue weighted by Gasteiger charge is 2.33. The fourth-order valence-corrected chi connectivity index (χ4v) is 2.44. The van der Waals surface area contributed by atoms with Crippen LogP contribution in [0.2, 0.25) is 0 Å². The molecule has 0 amide bonds. The lowest BCUT2D eigenvalue weighted by Gasteiger charge is -2.15. The van der Waals surface area contributed by atoms with Gasteiger partial charge in [0.05, 0.1) is 17.2 Å². The third-order valence-electron chi connectivity index (χ3n) is 2.34. The first kappa shape index (κ1) is 15.5. The van der Waals surface area contributed by atoms with Crippen LogP contribution in [0.1, 0.15) is 18.1 Å². The van der Waals surface area contributed by atoms with E-state index in [1.807, 2.05) is 0 Å². The fraction of sp³-hybridized carbons (Fsp3) is 0.417. The molecule has 0 aromatic heterocycles. The van der Waals surface area contributed by atoms with Crippen LogP contribution < -0.4 is 5.32 Å². The lowest BCUT2D eigenvalue weighted by Crippen LogP contribution is -2.22. The number of alkyl halides is 3. The van der Waals surface area contributed by atoms with Crippen LogP contribution in [0, 0.1) is 11.3 Å². The predicted octanol–water partition coefficient (Wildman–Crippen LogP) is 2.76. The molecule has 7 heteroatoms. The Balaban J connectivity index is 2.96. The molecule has 1 rings (SSSR count). The van der Waals surface area contributed by atoms with E-state index in [0.29, 0.717) is 11.4 Å². The second-order valence-corrected chi connectivity index (χ2v) is 5.63. The molecule has 0 aliphatic carbocycles. The molecule has 0 spiro atoms. The number of benzene rings is 1. The highest BCUT2D eigenvalue weighted by Crippen LogP contribution is 2.33. The Hall–Kier alpha value is -1.55. The summed E-state index contributed by atoms with van der Waals surface area (Å²) in [6, 6.07) is 4.66. The summed E-state index contributed by atoms with van der Waals surface area (Å²) in [4.78, 5) is 0. The maximum atomic E-state index is 12.6. The summed E-state index contributed by atoms with van der Waals surface area (Å²) in [6.45, 7) is 1.77. The Morgan fingerprint density at radius 3 is 2.58 bits per heavy atom. The Morgan fingerprint density at radius 1 is 1.47 bits per heavy atom. The number of hydrogen-bond donors (Lipinski definition) is 1. The number of rotatable bonds is 4. The zero-order valence-electron chi connectivity index (χ0n) is 10.4. The summed E-state index contributed by atoms with van der Waals surface area (Å²) < 4.78 is 48.8. The van der Waals surface area contributed by atoms with Crippen molar-refractivity contribution < 1.29 is 17.4 Å². The summed E-state index contributed by atoms with van der Waals surface area (Å²) >= 11 is 0. The second-order valence-electron chi connectivity index (χ2n) is 4.16. The Kier molecular flexibility index (Phi) is 4.95. The van der Waals surface area contributed by atoms with E-state index < -0.39 is 28.1 Å². The third kappa shape index (κ3) is 4.56. The van der Waals surface area contributed by atoms with Crippen molar-refractivity contribution in [2.24, 2.45) is 0 Å². The van der Waals surface area contributed by atoms with Crippen LogP contribution in [-0.4, -0.2) is 22.3 Å². The van der Waals surface area contributed by atoms with Crippen LogP contribution in [0.5, 0.6) is 0 Å². The Morgan fingerprint density at radius 2 is 2.11 bits per heavy atom. The number of nitriles is 1. The summed E-state index contributed by atoms with van der Waals surface area (Å²) in [6.07, 6.45) is -2.99. The lowest BCUT2D eigenvalue weighted by molar-refractivity contribution is -0.137. The molecule has 2 atom stereocenters. The van der Waals surface area contributed by atoms with Crippen LogP contribution in [0.4, 0.5) is 18.9 Å². The molecule has 0 saturated carbocycles. The van der Waals surface area contributed by atoms with E-state index in [1.54, 1.807) is 13.2 Å². The van der Waals surface area contributed by atoms with Gasteiger partial charge in [0.1, 0.15) is 0 Å². The van der Waals surface area contributed by atoms with Gasteiger partial charge in [0.2, 0.25) is 0 Å². The van der Waals surface area contributed by atoms with Gasteiger partial charge in [-0.25, -0.2) is 0 Å². The van der Waals surface area contributed by atoms with E-state index in [1.165, 1.54) is 12.1 Å². The van der Waals surface area contributed by atoms with Crippen LogP contribution >= 0.6 is 0 Å². The average Bonchev–Trinajstić information content (AvgIpc) is 2.25. The van der Waals surface area contributed by atoms with E-state index in [0.717, 1.165) is 12.1 Å². The van der Waals surface area contributed by atoms with Gasteiger partial charge in [-0.3, -0.25) is 4.21 Å². The fourth-order valence-electron chi connectivity index (χ4n) is 1.65. The highest BCUT2D eigenvalue weighted by molar-refractivity contribution is 7.84. The van der Waals surface area contributed by atoms with E-state index in [9.17, 15) is 17.4 Å². The summed E-state index contributed by atoms with van der Waals surface area (Å²) in [7, 11) is -1.00. The summed E-state index contributed by atoms with van der Waals surface area (Å²) in [5.41, 5.74) is -0.975. The van der Waals surface area contributed by atoms with Gasteiger partial charge in [-0.1, -0.05) is 0 Å². The molecule has 19 heavy (non-hydrogen) atoms. The maximum absolute atomic E-state index is 12.6.